The Labute approximate surface area is 73.7 Å². The maximum absolute atomic E-state index is 10.2. The fourth-order valence-corrected chi connectivity index (χ4v) is 0.174. The van der Waals surface area contributed by atoms with Gasteiger partial charge in [-0.2, -0.15) is 0 Å². The van der Waals surface area contributed by atoms with Crippen LogP contribution in [-0.4, -0.2) is 31.2 Å². The van der Waals surface area contributed by atoms with Crippen molar-refractivity contribution in [3.8, 4) is 0 Å². The fraction of sp³-hybridized carbons (Fsp3) is 0.571. The van der Waals surface area contributed by atoms with E-state index in [0.717, 1.165) is 0 Å². The minimum absolute atomic E-state index is 0.347. The van der Waals surface area contributed by atoms with Gasteiger partial charge in [-0.3, -0.25) is 0 Å². The zero-order valence-electron chi connectivity index (χ0n) is 7.92. The Bertz CT molecular complexity index is 153. The van der Waals surface area contributed by atoms with Crippen LogP contribution in [0.4, 0.5) is 0 Å². The number of hydrogen-bond donors (Lipinski definition) is 2. The van der Waals surface area contributed by atoms with Gasteiger partial charge >= 0.3 is 14.5 Å². The molecule has 0 bridgehead atoms. The molecule has 4 nitrogen and oxygen atoms in total. The van der Waals surface area contributed by atoms with Gasteiger partial charge in [0.15, 0.2) is 0 Å². The van der Waals surface area contributed by atoms with E-state index in [9.17, 15) is 4.79 Å². The Kier molecular flexibility index (Phi) is 6.87. The van der Waals surface area contributed by atoms with Crippen molar-refractivity contribution in [2.24, 2.45) is 0 Å². The first kappa shape index (κ1) is 13.9. The molecule has 0 radical (unpaired) electrons. The molecule has 0 fully saturated rings. The van der Waals surface area contributed by atoms with Gasteiger partial charge in [-0.1, -0.05) is 6.58 Å². The van der Waals surface area contributed by atoms with Gasteiger partial charge in [0.05, 0.1) is 7.11 Å². The van der Waals surface area contributed by atoms with Crippen molar-refractivity contribution in [3.63, 3.8) is 0 Å². The zero-order valence-corrected chi connectivity index (χ0v) is 8.92. The summed E-state index contributed by atoms with van der Waals surface area (Å²) in [4.78, 5) is 26.6. The molecule has 0 heterocycles. The van der Waals surface area contributed by atoms with Crippen molar-refractivity contribution >= 4 is 14.5 Å². The predicted molar refractivity (Wildman–Crippen MR) is 48.7 cm³/mol. The van der Waals surface area contributed by atoms with E-state index < -0.39 is 8.56 Å². The largest absolute Gasteiger partial charge is 0.466 e. The van der Waals surface area contributed by atoms with Crippen LogP contribution in [-0.2, 0) is 9.53 Å². The van der Waals surface area contributed by atoms with Crippen molar-refractivity contribution in [1.82, 2.24) is 0 Å². The Hall–Kier alpha value is -0.653. The first-order chi connectivity index (χ1) is 5.18. The van der Waals surface area contributed by atoms with Crippen LogP contribution in [0.1, 0.15) is 6.92 Å². The lowest BCUT2D eigenvalue weighted by Crippen LogP contribution is -2.23. The highest BCUT2D eigenvalue weighted by Crippen LogP contribution is 1.87. The van der Waals surface area contributed by atoms with Crippen molar-refractivity contribution in [2.45, 2.75) is 20.0 Å². The molecule has 0 aliphatic rings. The van der Waals surface area contributed by atoms with Crippen LogP contribution >= 0.6 is 0 Å². The monoisotopic (exact) mass is 192 g/mol. The molecule has 0 saturated heterocycles. The molecule has 72 valence electrons. The standard InChI is InChI=1S/C5H8O2.C2H8O2Si/c1-4(2)5(6)7-3;1-5(2,3)4/h1H2,2-3H3;3-4H,1-2H3. The molecule has 0 rings (SSSR count). The summed E-state index contributed by atoms with van der Waals surface area (Å²) in [5.74, 6) is -0.347. The molecule has 0 unspecified atom stereocenters. The van der Waals surface area contributed by atoms with E-state index >= 15 is 0 Å². The van der Waals surface area contributed by atoms with Crippen molar-refractivity contribution in [1.29, 1.82) is 0 Å². The van der Waals surface area contributed by atoms with Gasteiger partial charge in [-0.15, -0.1) is 0 Å². The Balaban J connectivity index is 0. The summed E-state index contributed by atoms with van der Waals surface area (Å²) in [6.07, 6.45) is 0. The fourth-order valence-electron chi connectivity index (χ4n) is 0.174. The van der Waals surface area contributed by atoms with Gasteiger partial charge in [0.2, 0.25) is 0 Å². The maximum atomic E-state index is 10.2. The van der Waals surface area contributed by atoms with Gasteiger partial charge in [-0.25, -0.2) is 4.79 Å². The average Bonchev–Trinajstić information content (AvgIpc) is 1.82. The van der Waals surface area contributed by atoms with Crippen LogP contribution in [0.15, 0.2) is 12.2 Å². The molecule has 0 spiro atoms. The highest BCUT2D eigenvalue weighted by atomic mass is 28.4. The summed E-state index contributed by atoms with van der Waals surface area (Å²) in [6.45, 7) is 7.83. The molecule has 2 N–H and O–H groups in total. The van der Waals surface area contributed by atoms with Crippen LogP contribution in [0.2, 0.25) is 13.1 Å². The Morgan fingerprint density at radius 1 is 1.42 bits per heavy atom. The Morgan fingerprint density at radius 2 is 1.67 bits per heavy atom. The molecule has 12 heavy (non-hydrogen) atoms. The minimum atomic E-state index is -2.61. The summed E-state index contributed by atoms with van der Waals surface area (Å²) >= 11 is 0. The summed E-state index contributed by atoms with van der Waals surface area (Å²) in [7, 11) is -1.28. The number of hydrogen-bond acceptors (Lipinski definition) is 4. The summed E-state index contributed by atoms with van der Waals surface area (Å²) in [6, 6.07) is 0. The first-order valence-electron chi connectivity index (χ1n) is 3.37. The smallest absolute Gasteiger partial charge is 0.332 e. The van der Waals surface area contributed by atoms with Gasteiger partial charge < -0.3 is 14.3 Å². The third-order valence-electron chi connectivity index (χ3n) is 0.534. The number of carbonyl (C=O) groups excluding carboxylic acids is 1. The van der Waals surface area contributed by atoms with Crippen molar-refractivity contribution in [2.75, 3.05) is 7.11 Å². The second-order valence-corrected chi connectivity index (χ2v) is 5.76. The molecule has 0 aromatic carbocycles. The van der Waals surface area contributed by atoms with E-state index in [4.69, 9.17) is 9.59 Å². The number of carbonyl (C=O) groups is 1. The topological polar surface area (TPSA) is 66.8 Å². The molecule has 0 amide bonds. The van der Waals surface area contributed by atoms with E-state index in [0.29, 0.717) is 5.57 Å². The average molecular weight is 192 g/mol. The lowest BCUT2D eigenvalue weighted by atomic mass is 10.4. The van der Waals surface area contributed by atoms with E-state index in [-0.39, 0.29) is 5.97 Å². The molecular weight excluding hydrogens is 176 g/mol. The highest BCUT2D eigenvalue weighted by Gasteiger charge is 2.08. The lowest BCUT2D eigenvalue weighted by Gasteiger charge is -1.97. The SMILES string of the molecule is C=C(C)C(=O)OC.C[Si](C)(O)O. The Morgan fingerprint density at radius 3 is 1.67 bits per heavy atom. The molecule has 0 atom stereocenters. The number of esters is 1. The predicted octanol–water partition coefficient (Wildman–Crippen LogP) is 0.408. The molecule has 5 heteroatoms. The summed E-state index contributed by atoms with van der Waals surface area (Å²) in [5.41, 5.74) is 0.433. The molecule has 0 saturated carbocycles. The van der Waals surface area contributed by atoms with Crippen LogP contribution in [0.25, 0.3) is 0 Å². The van der Waals surface area contributed by atoms with Gasteiger partial charge in [0.1, 0.15) is 0 Å². The first-order valence-corrected chi connectivity index (χ1v) is 6.26. The van der Waals surface area contributed by atoms with Crippen LogP contribution in [0.5, 0.6) is 0 Å². The number of rotatable bonds is 1. The molecular formula is C7H16O4Si. The van der Waals surface area contributed by atoms with Crippen LogP contribution in [0, 0.1) is 0 Å². The lowest BCUT2D eigenvalue weighted by molar-refractivity contribution is -0.136. The third-order valence-corrected chi connectivity index (χ3v) is 0.534. The van der Waals surface area contributed by atoms with E-state index in [1.807, 2.05) is 0 Å². The minimum Gasteiger partial charge on any atom is -0.466 e. The normalized spacial score (nSPS) is 9.50. The zero-order chi connectivity index (χ0) is 10.4. The van der Waals surface area contributed by atoms with Crippen LogP contribution in [0.3, 0.4) is 0 Å². The van der Waals surface area contributed by atoms with Gasteiger partial charge in [-0.05, 0) is 20.0 Å². The van der Waals surface area contributed by atoms with E-state index in [1.165, 1.54) is 20.2 Å². The molecule has 0 aromatic rings. The van der Waals surface area contributed by atoms with Crippen LogP contribution < -0.4 is 0 Å². The van der Waals surface area contributed by atoms with E-state index in [1.54, 1.807) is 6.92 Å². The van der Waals surface area contributed by atoms with Gasteiger partial charge in [0.25, 0.3) is 0 Å². The summed E-state index contributed by atoms with van der Waals surface area (Å²) < 4.78 is 4.27. The summed E-state index contributed by atoms with van der Waals surface area (Å²) in [5, 5.41) is 0. The third kappa shape index (κ3) is 22.8. The number of methoxy groups -OCH3 is 1. The molecule has 0 aliphatic carbocycles. The second kappa shape index (κ2) is 5.93. The maximum Gasteiger partial charge on any atom is 0.332 e. The highest BCUT2D eigenvalue weighted by molar-refractivity contribution is 6.61. The van der Waals surface area contributed by atoms with Gasteiger partial charge in [0, 0.05) is 5.57 Å². The number of ether oxygens (including phenoxy) is 1. The quantitative estimate of drug-likeness (QED) is 0.359. The second-order valence-electron chi connectivity index (χ2n) is 2.77. The molecule has 0 aromatic heterocycles. The van der Waals surface area contributed by atoms with E-state index in [2.05, 4.69) is 11.3 Å². The van der Waals surface area contributed by atoms with Crippen molar-refractivity contribution in [3.05, 3.63) is 12.2 Å². The molecule has 0 aliphatic heterocycles. The van der Waals surface area contributed by atoms with Crippen molar-refractivity contribution < 1.29 is 19.1 Å².